The predicted molar refractivity (Wildman–Crippen MR) is 79.5 cm³/mol. The first-order valence-corrected chi connectivity index (χ1v) is 6.43. The highest BCUT2D eigenvalue weighted by Gasteiger charge is 2.17. The van der Waals surface area contributed by atoms with Crippen LogP contribution < -0.4 is 0 Å². The lowest BCUT2D eigenvalue weighted by atomic mass is 10.2. The normalized spacial score (nSPS) is 11.6. The highest BCUT2D eigenvalue weighted by atomic mass is 16.1. The molecule has 3 aromatic rings. The Kier molecular flexibility index (Phi) is 3.09. The van der Waals surface area contributed by atoms with Gasteiger partial charge in [-0.15, -0.1) is 10.2 Å². The highest BCUT2D eigenvalue weighted by Crippen LogP contribution is 2.18. The second-order valence-corrected chi connectivity index (χ2v) is 4.87. The third kappa shape index (κ3) is 2.22. The summed E-state index contributed by atoms with van der Waals surface area (Å²) in [6.07, 6.45) is 1.44. The van der Waals surface area contributed by atoms with Crippen LogP contribution in [0.2, 0.25) is 0 Å². The van der Waals surface area contributed by atoms with E-state index in [1.54, 1.807) is 19.0 Å². The van der Waals surface area contributed by atoms with Gasteiger partial charge in [0.2, 0.25) is 0 Å². The van der Waals surface area contributed by atoms with E-state index in [4.69, 9.17) is 0 Å². The fraction of sp³-hybridized carbons (Fsp3) is 0.214. The Bertz CT molecular complexity index is 864. The summed E-state index contributed by atoms with van der Waals surface area (Å²) in [5, 5.41) is 8.10. The van der Waals surface area contributed by atoms with Crippen LogP contribution in [0.5, 0.6) is 0 Å². The first-order valence-electron chi connectivity index (χ1n) is 6.43. The molecule has 0 bridgehead atoms. The molecule has 106 valence electrons. The lowest BCUT2D eigenvalue weighted by Crippen LogP contribution is -2.11. The van der Waals surface area contributed by atoms with E-state index >= 15 is 0 Å². The van der Waals surface area contributed by atoms with E-state index in [9.17, 15) is 4.79 Å². The van der Waals surface area contributed by atoms with Crippen molar-refractivity contribution in [1.82, 2.24) is 24.5 Å². The van der Waals surface area contributed by atoms with Crippen LogP contribution in [0.4, 0.5) is 0 Å². The lowest BCUT2D eigenvalue weighted by molar-refractivity contribution is 0.0999. The average Bonchev–Trinajstić information content (AvgIpc) is 2.86. The number of carbonyl (C=O) groups excluding carboxylic acids is 1. The molecule has 1 amide bonds. The summed E-state index contributed by atoms with van der Waals surface area (Å²) in [4.78, 5) is 22.2. The Hall–Kier alpha value is -2.83. The number of rotatable bonds is 2. The van der Waals surface area contributed by atoms with Crippen molar-refractivity contribution >= 4 is 28.9 Å². The standard InChI is InChI=1S/C14H14N6O/c1-9-17-18-13-12(14(21)15-8-19(2)3)16-10-6-4-5-7-11(10)20(9)13/h4-8H,1-3H3. The molecule has 1 aromatic carbocycles. The van der Waals surface area contributed by atoms with Crippen LogP contribution >= 0.6 is 0 Å². The highest BCUT2D eigenvalue weighted by molar-refractivity contribution is 6.03. The van der Waals surface area contributed by atoms with Crippen molar-refractivity contribution < 1.29 is 4.79 Å². The molecule has 7 nitrogen and oxygen atoms in total. The summed E-state index contributed by atoms with van der Waals surface area (Å²) < 4.78 is 1.82. The quantitative estimate of drug-likeness (QED) is 0.523. The van der Waals surface area contributed by atoms with Gasteiger partial charge in [-0.05, 0) is 19.1 Å². The maximum Gasteiger partial charge on any atom is 0.300 e. The molecule has 7 heteroatoms. The van der Waals surface area contributed by atoms with Gasteiger partial charge in [-0.2, -0.15) is 4.99 Å². The monoisotopic (exact) mass is 282 g/mol. The zero-order valence-corrected chi connectivity index (χ0v) is 12.0. The summed E-state index contributed by atoms with van der Waals surface area (Å²) in [6, 6.07) is 7.55. The SMILES string of the molecule is Cc1nnc2c(C(=O)N=CN(C)C)nc3ccccc3n12. The minimum Gasteiger partial charge on any atom is -0.369 e. The summed E-state index contributed by atoms with van der Waals surface area (Å²) >= 11 is 0. The Labute approximate surface area is 121 Å². The summed E-state index contributed by atoms with van der Waals surface area (Å²) in [6.45, 7) is 1.84. The van der Waals surface area contributed by atoms with Gasteiger partial charge < -0.3 is 4.90 Å². The number of amides is 1. The van der Waals surface area contributed by atoms with Gasteiger partial charge in [-0.25, -0.2) is 4.98 Å². The molecule has 0 saturated heterocycles. The molecule has 0 radical (unpaired) electrons. The zero-order chi connectivity index (χ0) is 15.0. The van der Waals surface area contributed by atoms with Crippen LogP contribution in [-0.4, -0.2) is 50.8 Å². The summed E-state index contributed by atoms with van der Waals surface area (Å²) in [7, 11) is 3.59. The van der Waals surface area contributed by atoms with Crippen LogP contribution in [-0.2, 0) is 0 Å². The van der Waals surface area contributed by atoms with Gasteiger partial charge in [0.05, 0.1) is 17.4 Å². The average molecular weight is 282 g/mol. The van der Waals surface area contributed by atoms with Crippen molar-refractivity contribution in [1.29, 1.82) is 0 Å². The van der Waals surface area contributed by atoms with Crippen molar-refractivity contribution in [2.24, 2.45) is 4.99 Å². The number of aryl methyl sites for hydroxylation is 1. The molecule has 2 aromatic heterocycles. The van der Waals surface area contributed by atoms with Crippen molar-refractivity contribution in [3.63, 3.8) is 0 Å². The molecule has 0 unspecified atom stereocenters. The van der Waals surface area contributed by atoms with E-state index in [0.29, 0.717) is 17.0 Å². The minimum absolute atomic E-state index is 0.201. The summed E-state index contributed by atoms with van der Waals surface area (Å²) in [5.74, 6) is 0.265. The molecular formula is C14H14N6O. The van der Waals surface area contributed by atoms with E-state index in [-0.39, 0.29) is 5.69 Å². The predicted octanol–water partition coefficient (Wildman–Crippen LogP) is 1.32. The van der Waals surface area contributed by atoms with E-state index < -0.39 is 5.91 Å². The molecule has 2 heterocycles. The van der Waals surface area contributed by atoms with Crippen LogP contribution in [0, 0.1) is 6.92 Å². The van der Waals surface area contributed by atoms with Crippen molar-refractivity contribution in [3.8, 4) is 0 Å². The van der Waals surface area contributed by atoms with Gasteiger partial charge in [-0.3, -0.25) is 9.20 Å². The molecule has 0 spiro atoms. The number of fused-ring (bicyclic) bond motifs is 3. The molecule has 0 N–H and O–H groups in total. The molecular weight excluding hydrogens is 268 g/mol. The van der Waals surface area contributed by atoms with Crippen LogP contribution in [0.25, 0.3) is 16.7 Å². The van der Waals surface area contributed by atoms with E-state index in [2.05, 4.69) is 20.2 Å². The molecule has 0 atom stereocenters. The second-order valence-electron chi connectivity index (χ2n) is 4.87. The third-order valence-corrected chi connectivity index (χ3v) is 3.00. The molecule has 21 heavy (non-hydrogen) atoms. The van der Waals surface area contributed by atoms with Gasteiger partial charge >= 0.3 is 5.91 Å². The number of aliphatic imine (C=N–C) groups is 1. The minimum atomic E-state index is -0.438. The lowest BCUT2D eigenvalue weighted by Gasteiger charge is -2.05. The van der Waals surface area contributed by atoms with E-state index in [1.807, 2.05) is 35.6 Å². The maximum absolute atomic E-state index is 12.2. The van der Waals surface area contributed by atoms with Crippen LogP contribution in [0.3, 0.4) is 0 Å². The first-order chi connectivity index (χ1) is 10.1. The smallest absolute Gasteiger partial charge is 0.300 e. The zero-order valence-electron chi connectivity index (χ0n) is 12.0. The Morgan fingerprint density at radius 1 is 1.29 bits per heavy atom. The number of aromatic nitrogens is 4. The molecule has 3 rings (SSSR count). The summed E-state index contributed by atoms with van der Waals surface area (Å²) in [5.41, 5.74) is 2.19. The second kappa shape index (κ2) is 4.93. The van der Waals surface area contributed by atoms with Crippen LogP contribution in [0.15, 0.2) is 29.3 Å². The number of para-hydroxylation sites is 2. The Morgan fingerprint density at radius 2 is 2.05 bits per heavy atom. The van der Waals surface area contributed by atoms with Gasteiger partial charge in [0.25, 0.3) is 0 Å². The van der Waals surface area contributed by atoms with E-state index in [1.165, 1.54) is 6.34 Å². The Morgan fingerprint density at radius 3 is 2.81 bits per heavy atom. The molecule has 0 aliphatic heterocycles. The topological polar surface area (TPSA) is 75.8 Å². The maximum atomic E-state index is 12.2. The molecule has 0 aliphatic carbocycles. The van der Waals surface area contributed by atoms with Crippen molar-refractivity contribution in [2.45, 2.75) is 6.92 Å². The van der Waals surface area contributed by atoms with Gasteiger partial charge in [0, 0.05) is 14.1 Å². The third-order valence-electron chi connectivity index (χ3n) is 3.00. The Balaban J connectivity index is 2.29. The largest absolute Gasteiger partial charge is 0.369 e. The van der Waals surface area contributed by atoms with E-state index in [0.717, 1.165) is 5.52 Å². The molecule has 0 saturated carbocycles. The van der Waals surface area contributed by atoms with Crippen molar-refractivity contribution in [2.75, 3.05) is 14.1 Å². The number of hydrogen-bond acceptors (Lipinski definition) is 4. The van der Waals surface area contributed by atoms with Crippen LogP contribution in [0.1, 0.15) is 16.3 Å². The fourth-order valence-corrected chi connectivity index (χ4v) is 2.09. The van der Waals surface area contributed by atoms with Gasteiger partial charge in [0.1, 0.15) is 5.82 Å². The number of carbonyl (C=O) groups is 1. The van der Waals surface area contributed by atoms with Crippen molar-refractivity contribution in [3.05, 3.63) is 35.8 Å². The molecule has 0 fully saturated rings. The fourth-order valence-electron chi connectivity index (χ4n) is 2.09. The molecule has 0 aliphatic rings. The van der Waals surface area contributed by atoms with Gasteiger partial charge in [-0.1, -0.05) is 12.1 Å². The number of hydrogen-bond donors (Lipinski definition) is 0. The number of nitrogens with zero attached hydrogens (tertiary/aromatic N) is 6. The first kappa shape index (κ1) is 13.2. The van der Waals surface area contributed by atoms with Gasteiger partial charge in [0.15, 0.2) is 11.3 Å². The number of benzene rings is 1.